The summed E-state index contributed by atoms with van der Waals surface area (Å²) in [6.07, 6.45) is 4.04. The lowest BCUT2D eigenvalue weighted by molar-refractivity contribution is -0.117. The van der Waals surface area contributed by atoms with Crippen LogP contribution < -0.4 is 5.73 Å². The van der Waals surface area contributed by atoms with E-state index in [2.05, 4.69) is 15.1 Å². The first-order valence-electron chi connectivity index (χ1n) is 8.40. The van der Waals surface area contributed by atoms with Gasteiger partial charge in [0.1, 0.15) is 11.6 Å². The molecule has 0 unspecified atom stereocenters. The van der Waals surface area contributed by atoms with Crippen LogP contribution in [0.3, 0.4) is 0 Å². The zero-order chi connectivity index (χ0) is 18.8. The molecule has 0 atom stereocenters. The van der Waals surface area contributed by atoms with Crippen molar-refractivity contribution in [1.82, 2.24) is 19.6 Å². The standard InChI is InChI=1S/C20H16FN5O/c21-16-5-1-13(2-6-16)9-18(27)10-17-7-3-14(11-23-17)15-4-8-19-24-20(22)25-26(19)12-15/h1-8,11-12H,9-10H2,(H2,22,25). The van der Waals surface area contributed by atoms with Crippen LogP contribution in [0.1, 0.15) is 11.3 Å². The van der Waals surface area contributed by atoms with E-state index in [4.69, 9.17) is 5.73 Å². The van der Waals surface area contributed by atoms with E-state index in [1.54, 1.807) is 22.8 Å². The van der Waals surface area contributed by atoms with E-state index in [-0.39, 0.29) is 30.4 Å². The Balaban J connectivity index is 1.46. The number of Topliss-reactive ketones (excluding diaryl/α,β-unsaturated/α-hetero) is 1. The molecule has 0 amide bonds. The van der Waals surface area contributed by atoms with Crippen LogP contribution in [0.25, 0.3) is 16.8 Å². The molecule has 0 fully saturated rings. The van der Waals surface area contributed by atoms with Gasteiger partial charge in [-0.05, 0) is 35.9 Å². The van der Waals surface area contributed by atoms with Crippen LogP contribution in [0.5, 0.6) is 0 Å². The number of anilines is 1. The van der Waals surface area contributed by atoms with Crippen molar-refractivity contribution in [2.45, 2.75) is 12.8 Å². The van der Waals surface area contributed by atoms with E-state index >= 15 is 0 Å². The predicted octanol–water partition coefficient (Wildman–Crippen LogP) is 2.87. The minimum atomic E-state index is -0.310. The maximum atomic E-state index is 12.9. The monoisotopic (exact) mass is 361 g/mol. The second kappa shape index (κ2) is 6.95. The highest BCUT2D eigenvalue weighted by Gasteiger charge is 2.08. The summed E-state index contributed by atoms with van der Waals surface area (Å²) >= 11 is 0. The third-order valence-corrected chi connectivity index (χ3v) is 4.20. The van der Waals surface area contributed by atoms with Crippen LogP contribution in [0, 0.1) is 5.82 Å². The van der Waals surface area contributed by atoms with Crippen molar-refractivity contribution in [3.63, 3.8) is 0 Å². The first kappa shape index (κ1) is 16.8. The molecule has 0 bridgehead atoms. The fourth-order valence-corrected chi connectivity index (χ4v) is 2.87. The van der Waals surface area contributed by atoms with Crippen LogP contribution >= 0.6 is 0 Å². The Morgan fingerprint density at radius 2 is 1.78 bits per heavy atom. The van der Waals surface area contributed by atoms with Crippen molar-refractivity contribution in [2.24, 2.45) is 0 Å². The second-order valence-electron chi connectivity index (χ2n) is 6.25. The Hall–Kier alpha value is -3.61. The lowest BCUT2D eigenvalue weighted by Gasteiger charge is -2.05. The molecule has 0 aliphatic rings. The summed E-state index contributed by atoms with van der Waals surface area (Å²) < 4.78 is 14.5. The van der Waals surface area contributed by atoms with E-state index in [0.29, 0.717) is 11.3 Å². The molecule has 3 aromatic heterocycles. The highest BCUT2D eigenvalue weighted by Crippen LogP contribution is 2.19. The average Bonchev–Trinajstić information content (AvgIpc) is 3.03. The fourth-order valence-electron chi connectivity index (χ4n) is 2.87. The SMILES string of the molecule is Nc1nc2ccc(-c3ccc(CC(=O)Cc4ccc(F)cc4)nc3)cn2n1. The fraction of sp³-hybridized carbons (Fsp3) is 0.100. The minimum absolute atomic E-state index is 0.0290. The maximum Gasteiger partial charge on any atom is 0.240 e. The molecule has 4 rings (SSSR count). The molecule has 0 saturated heterocycles. The minimum Gasteiger partial charge on any atom is -0.366 e. The van der Waals surface area contributed by atoms with Gasteiger partial charge in [-0.25, -0.2) is 8.91 Å². The molecular formula is C20H16FN5O. The summed E-state index contributed by atoms with van der Waals surface area (Å²) in [5.41, 5.74) is 9.58. The maximum absolute atomic E-state index is 12.9. The van der Waals surface area contributed by atoms with Gasteiger partial charge in [-0.3, -0.25) is 9.78 Å². The lowest BCUT2D eigenvalue weighted by Crippen LogP contribution is -2.07. The van der Waals surface area contributed by atoms with Gasteiger partial charge in [-0.15, -0.1) is 5.10 Å². The normalized spacial score (nSPS) is 11.0. The molecular weight excluding hydrogens is 345 g/mol. The average molecular weight is 361 g/mol. The number of nitrogen functional groups attached to an aromatic ring is 1. The molecule has 4 aromatic rings. The van der Waals surface area contributed by atoms with Crippen LogP contribution in [0.15, 0.2) is 60.9 Å². The Kier molecular flexibility index (Phi) is 4.33. The van der Waals surface area contributed by atoms with Gasteiger partial charge in [0.2, 0.25) is 5.95 Å². The van der Waals surface area contributed by atoms with Crippen molar-refractivity contribution < 1.29 is 9.18 Å². The van der Waals surface area contributed by atoms with E-state index in [9.17, 15) is 9.18 Å². The molecule has 1 aromatic carbocycles. The summed E-state index contributed by atoms with van der Waals surface area (Å²) in [5, 5.41) is 4.10. The summed E-state index contributed by atoms with van der Waals surface area (Å²) in [6, 6.07) is 13.4. The van der Waals surface area contributed by atoms with E-state index in [1.807, 2.05) is 30.5 Å². The van der Waals surface area contributed by atoms with E-state index in [1.165, 1.54) is 12.1 Å². The molecule has 0 spiro atoms. The molecule has 0 aliphatic heterocycles. The highest BCUT2D eigenvalue weighted by atomic mass is 19.1. The van der Waals surface area contributed by atoms with Crippen molar-refractivity contribution >= 4 is 17.4 Å². The number of nitrogens with two attached hydrogens (primary N) is 1. The number of pyridine rings is 2. The molecule has 27 heavy (non-hydrogen) atoms. The van der Waals surface area contributed by atoms with Crippen LogP contribution in [-0.2, 0) is 17.6 Å². The number of benzene rings is 1. The third kappa shape index (κ3) is 3.82. The van der Waals surface area contributed by atoms with Crippen LogP contribution in [0.2, 0.25) is 0 Å². The van der Waals surface area contributed by atoms with Gasteiger partial charge in [0.05, 0.1) is 0 Å². The zero-order valence-electron chi connectivity index (χ0n) is 14.3. The number of hydrogen-bond acceptors (Lipinski definition) is 5. The van der Waals surface area contributed by atoms with Gasteiger partial charge in [0, 0.05) is 42.1 Å². The van der Waals surface area contributed by atoms with E-state index in [0.717, 1.165) is 16.7 Å². The Morgan fingerprint density at radius 1 is 1.00 bits per heavy atom. The first-order chi connectivity index (χ1) is 13.1. The van der Waals surface area contributed by atoms with Crippen LogP contribution in [-0.4, -0.2) is 25.4 Å². The summed E-state index contributed by atoms with van der Waals surface area (Å²) in [7, 11) is 0. The molecule has 0 saturated carbocycles. The number of aromatic nitrogens is 4. The van der Waals surface area contributed by atoms with Gasteiger partial charge in [0.15, 0.2) is 5.65 Å². The number of halogens is 1. The highest BCUT2D eigenvalue weighted by molar-refractivity contribution is 5.82. The Morgan fingerprint density at radius 3 is 2.52 bits per heavy atom. The number of carbonyl (C=O) groups excluding carboxylic acids is 1. The lowest BCUT2D eigenvalue weighted by atomic mass is 10.0. The van der Waals surface area contributed by atoms with Gasteiger partial charge >= 0.3 is 0 Å². The molecule has 0 radical (unpaired) electrons. The van der Waals surface area contributed by atoms with Crippen molar-refractivity contribution in [2.75, 3.05) is 5.73 Å². The first-order valence-corrected chi connectivity index (χ1v) is 8.40. The number of ketones is 1. The molecule has 2 N–H and O–H groups in total. The van der Waals surface area contributed by atoms with Gasteiger partial charge < -0.3 is 5.73 Å². The molecule has 7 heteroatoms. The van der Waals surface area contributed by atoms with Gasteiger partial charge in [0.25, 0.3) is 0 Å². The smallest absolute Gasteiger partial charge is 0.240 e. The molecule has 6 nitrogen and oxygen atoms in total. The summed E-state index contributed by atoms with van der Waals surface area (Å²) in [6.45, 7) is 0. The van der Waals surface area contributed by atoms with Crippen molar-refractivity contribution in [3.05, 3.63) is 78.0 Å². The molecule has 134 valence electrons. The van der Waals surface area contributed by atoms with E-state index < -0.39 is 0 Å². The third-order valence-electron chi connectivity index (χ3n) is 4.20. The number of nitrogens with zero attached hydrogens (tertiary/aromatic N) is 4. The topological polar surface area (TPSA) is 86.2 Å². The largest absolute Gasteiger partial charge is 0.366 e. The zero-order valence-corrected chi connectivity index (χ0v) is 14.3. The number of fused-ring (bicyclic) bond motifs is 1. The number of carbonyl (C=O) groups is 1. The second-order valence-corrected chi connectivity index (χ2v) is 6.25. The quantitative estimate of drug-likeness (QED) is 0.591. The van der Waals surface area contributed by atoms with Gasteiger partial charge in [-0.2, -0.15) is 4.98 Å². The van der Waals surface area contributed by atoms with Gasteiger partial charge in [-0.1, -0.05) is 18.2 Å². The van der Waals surface area contributed by atoms with Crippen molar-refractivity contribution in [1.29, 1.82) is 0 Å². The predicted molar refractivity (Wildman–Crippen MR) is 99.4 cm³/mol. The molecule has 3 heterocycles. The number of rotatable bonds is 5. The Labute approximate surface area is 154 Å². The molecule has 0 aliphatic carbocycles. The number of hydrogen-bond donors (Lipinski definition) is 1. The van der Waals surface area contributed by atoms with Crippen molar-refractivity contribution in [3.8, 4) is 11.1 Å². The summed E-state index contributed by atoms with van der Waals surface area (Å²) in [4.78, 5) is 20.7. The Bertz CT molecular complexity index is 1100. The summed E-state index contributed by atoms with van der Waals surface area (Å²) in [5.74, 6) is -0.0584. The van der Waals surface area contributed by atoms with Crippen LogP contribution in [0.4, 0.5) is 10.3 Å².